The van der Waals surface area contributed by atoms with Crippen molar-refractivity contribution in [2.75, 3.05) is 19.6 Å². The third-order valence-corrected chi connectivity index (χ3v) is 4.03. The predicted octanol–water partition coefficient (Wildman–Crippen LogP) is 3.12. The molecule has 2 N–H and O–H groups in total. The average Bonchev–Trinajstić information content (AvgIpc) is 2.75. The second-order valence-corrected chi connectivity index (χ2v) is 7.18. The van der Waals surface area contributed by atoms with Crippen LogP contribution in [-0.2, 0) is 0 Å². The summed E-state index contributed by atoms with van der Waals surface area (Å²) in [6, 6.07) is 1.95. The molecule has 116 valence electrons. The third-order valence-electron chi connectivity index (χ3n) is 2.89. The topological polar surface area (TPSA) is 46.3 Å². The summed E-state index contributed by atoms with van der Waals surface area (Å²) in [5.74, 6) is 6.94. The van der Waals surface area contributed by atoms with Gasteiger partial charge in [0.1, 0.15) is 0 Å². The number of carbonyl (C=O) groups is 1. The lowest BCUT2D eigenvalue weighted by atomic mass is 10.1. The molecule has 0 atom stereocenters. The van der Waals surface area contributed by atoms with Crippen LogP contribution in [0.25, 0.3) is 0 Å². The van der Waals surface area contributed by atoms with E-state index in [0.29, 0.717) is 18.4 Å². The van der Waals surface area contributed by atoms with E-state index in [1.807, 2.05) is 17.9 Å². The SMILES string of the molecule is Cc1cc(C(=O)N(CC(C)C)CC(C)C)sc1C#CCN. The van der Waals surface area contributed by atoms with Crippen LogP contribution in [0.3, 0.4) is 0 Å². The molecule has 0 aliphatic carbocycles. The smallest absolute Gasteiger partial charge is 0.263 e. The van der Waals surface area contributed by atoms with Crippen LogP contribution in [0.15, 0.2) is 6.07 Å². The number of carbonyl (C=O) groups excluding carboxylic acids is 1. The van der Waals surface area contributed by atoms with Crippen LogP contribution in [-0.4, -0.2) is 30.4 Å². The zero-order valence-corrected chi connectivity index (χ0v) is 14.5. The van der Waals surface area contributed by atoms with Crippen molar-refractivity contribution in [3.8, 4) is 11.8 Å². The second kappa shape index (κ2) is 8.21. The maximum atomic E-state index is 12.7. The molecule has 1 aromatic heterocycles. The van der Waals surface area contributed by atoms with E-state index in [1.165, 1.54) is 11.3 Å². The molecular formula is C17H26N2OS. The van der Waals surface area contributed by atoms with Gasteiger partial charge in [-0.2, -0.15) is 0 Å². The molecule has 1 rings (SSSR count). The standard InChI is InChI=1S/C17H26N2OS/c1-12(2)10-19(11-13(3)4)17(20)16-9-14(5)15(21-16)7-6-8-18/h9,12-13H,8,10-11,18H2,1-5H3. The van der Waals surface area contributed by atoms with Gasteiger partial charge >= 0.3 is 0 Å². The molecule has 0 saturated carbocycles. The molecule has 1 amide bonds. The van der Waals surface area contributed by atoms with Crippen molar-refractivity contribution >= 4 is 17.2 Å². The number of thiophene rings is 1. The van der Waals surface area contributed by atoms with Crippen LogP contribution in [0.5, 0.6) is 0 Å². The molecule has 0 saturated heterocycles. The molecule has 0 aliphatic heterocycles. The van der Waals surface area contributed by atoms with Gasteiger partial charge in [-0.05, 0) is 30.4 Å². The quantitative estimate of drug-likeness (QED) is 0.850. The van der Waals surface area contributed by atoms with Crippen molar-refractivity contribution in [1.82, 2.24) is 4.90 Å². The first kappa shape index (κ1) is 17.7. The van der Waals surface area contributed by atoms with E-state index >= 15 is 0 Å². The molecule has 0 unspecified atom stereocenters. The van der Waals surface area contributed by atoms with E-state index in [0.717, 1.165) is 28.4 Å². The summed E-state index contributed by atoms with van der Waals surface area (Å²) in [6.45, 7) is 12.5. The van der Waals surface area contributed by atoms with Crippen LogP contribution in [0, 0.1) is 30.6 Å². The van der Waals surface area contributed by atoms with Crippen molar-refractivity contribution in [2.45, 2.75) is 34.6 Å². The van der Waals surface area contributed by atoms with E-state index in [9.17, 15) is 4.79 Å². The lowest BCUT2D eigenvalue weighted by molar-refractivity contribution is 0.0720. The number of nitrogens with two attached hydrogens (primary N) is 1. The summed E-state index contributed by atoms with van der Waals surface area (Å²) in [5, 5.41) is 0. The number of aryl methyl sites for hydroxylation is 1. The van der Waals surface area contributed by atoms with Crippen LogP contribution in [0.4, 0.5) is 0 Å². The maximum absolute atomic E-state index is 12.7. The van der Waals surface area contributed by atoms with E-state index in [4.69, 9.17) is 5.73 Å². The first-order chi connectivity index (χ1) is 9.85. The molecule has 4 heteroatoms. The van der Waals surface area contributed by atoms with Crippen LogP contribution in [0.1, 0.15) is 47.8 Å². The van der Waals surface area contributed by atoms with E-state index in [-0.39, 0.29) is 5.91 Å². The molecule has 1 heterocycles. The third kappa shape index (κ3) is 5.53. The van der Waals surface area contributed by atoms with E-state index < -0.39 is 0 Å². The van der Waals surface area contributed by atoms with Crippen LogP contribution >= 0.6 is 11.3 Å². The summed E-state index contributed by atoms with van der Waals surface area (Å²) in [4.78, 5) is 16.4. The first-order valence-electron chi connectivity index (χ1n) is 7.43. The lowest BCUT2D eigenvalue weighted by Gasteiger charge is -2.25. The van der Waals surface area contributed by atoms with Crippen molar-refractivity contribution in [3.63, 3.8) is 0 Å². The van der Waals surface area contributed by atoms with Gasteiger partial charge in [0.25, 0.3) is 5.91 Å². The minimum absolute atomic E-state index is 0.117. The average molecular weight is 306 g/mol. The Morgan fingerprint density at radius 2 is 1.86 bits per heavy atom. The molecular weight excluding hydrogens is 280 g/mol. The predicted molar refractivity (Wildman–Crippen MR) is 90.6 cm³/mol. The fraction of sp³-hybridized carbons (Fsp3) is 0.588. The van der Waals surface area contributed by atoms with E-state index in [1.54, 1.807) is 0 Å². The highest BCUT2D eigenvalue weighted by atomic mass is 32.1. The summed E-state index contributed by atoms with van der Waals surface area (Å²) in [7, 11) is 0. The monoisotopic (exact) mass is 306 g/mol. The Morgan fingerprint density at radius 1 is 1.29 bits per heavy atom. The van der Waals surface area contributed by atoms with Gasteiger partial charge in [0.2, 0.25) is 0 Å². The zero-order valence-electron chi connectivity index (χ0n) is 13.7. The zero-order chi connectivity index (χ0) is 16.0. The Bertz CT molecular complexity index is 525. The molecule has 21 heavy (non-hydrogen) atoms. The van der Waals surface area contributed by atoms with Crippen molar-refractivity contribution in [3.05, 3.63) is 21.4 Å². The normalized spacial score (nSPS) is 10.7. The Balaban J connectivity index is 2.97. The fourth-order valence-corrected chi connectivity index (χ4v) is 3.14. The second-order valence-electron chi connectivity index (χ2n) is 6.13. The summed E-state index contributed by atoms with van der Waals surface area (Å²) in [6.07, 6.45) is 0. The number of nitrogens with zero attached hydrogens (tertiary/aromatic N) is 1. The summed E-state index contributed by atoms with van der Waals surface area (Å²) < 4.78 is 0. The Kier molecular flexibility index (Phi) is 6.94. The number of hydrogen-bond donors (Lipinski definition) is 1. The highest BCUT2D eigenvalue weighted by Gasteiger charge is 2.20. The van der Waals surface area contributed by atoms with E-state index in [2.05, 4.69) is 39.5 Å². The Hall–Kier alpha value is -1.31. The van der Waals surface area contributed by atoms with Crippen LogP contribution < -0.4 is 5.73 Å². The van der Waals surface area contributed by atoms with Gasteiger partial charge in [-0.1, -0.05) is 39.5 Å². The molecule has 1 aromatic rings. The van der Waals surface area contributed by atoms with Gasteiger partial charge in [0.15, 0.2) is 0 Å². The van der Waals surface area contributed by atoms with Gasteiger partial charge in [0, 0.05) is 13.1 Å². The molecule has 0 spiro atoms. The van der Waals surface area contributed by atoms with Gasteiger partial charge in [-0.3, -0.25) is 4.79 Å². The van der Waals surface area contributed by atoms with Crippen molar-refractivity contribution in [2.24, 2.45) is 17.6 Å². The highest BCUT2D eigenvalue weighted by molar-refractivity contribution is 7.14. The summed E-state index contributed by atoms with van der Waals surface area (Å²) >= 11 is 1.47. The van der Waals surface area contributed by atoms with Gasteiger partial charge in [-0.25, -0.2) is 0 Å². The Labute approximate surface area is 132 Å². The van der Waals surface area contributed by atoms with Crippen LogP contribution in [0.2, 0.25) is 0 Å². The molecule has 0 bridgehead atoms. The van der Waals surface area contributed by atoms with Gasteiger partial charge < -0.3 is 10.6 Å². The largest absolute Gasteiger partial charge is 0.337 e. The van der Waals surface area contributed by atoms with Gasteiger partial charge in [-0.15, -0.1) is 11.3 Å². The fourth-order valence-electron chi connectivity index (χ4n) is 2.12. The molecule has 0 radical (unpaired) electrons. The Morgan fingerprint density at radius 3 is 2.33 bits per heavy atom. The molecule has 0 aliphatic rings. The molecule has 3 nitrogen and oxygen atoms in total. The van der Waals surface area contributed by atoms with Crippen molar-refractivity contribution < 1.29 is 4.79 Å². The highest BCUT2D eigenvalue weighted by Crippen LogP contribution is 2.23. The van der Waals surface area contributed by atoms with Crippen molar-refractivity contribution in [1.29, 1.82) is 0 Å². The first-order valence-corrected chi connectivity index (χ1v) is 8.25. The minimum atomic E-state index is 0.117. The minimum Gasteiger partial charge on any atom is -0.337 e. The number of hydrogen-bond acceptors (Lipinski definition) is 3. The lowest BCUT2D eigenvalue weighted by Crippen LogP contribution is -2.36. The molecule has 0 fully saturated rings. The van der Waals surface area contributed by atoms with Gasteiger partial charge in [0.05, 0.1) is 16.3 Å². The maximum Gasteiger partial charge on any atom is 0.263 e. The summed E-state index contributed by atoms with van der Waals surface area (Å²) in [5.41, 5.74) is 6.46. The number of amides is 1. The number of rotatable bonds is 5. The molecule has 0 aromatic carbocycles.